The fourth-order valence-electron chi connectivity index (χ4n) is 3.09. The molecule has 11 heteroatoms. The van der Waals surface area contributed by atoms with Crippen molar-refractivity contribution in [1.82, 2.24) is 24.8 Å². The second-order valence-corrected chi connectivity index (χ2v) is 7.18. The second kappa shape index (κ2) is 7.18. The highest BCUT2D eigenvalue weighted by molar-refractivity contribution is 5.56. The van der Waals surface area contributed by atoms with Crippen LogP contribution in [0.3, 0.4) is 0 Å². The van der Waals surface area contributed by atoms with Crippen LogP contribution in [0.15, 0.2) is 56.4 Å². The summed E-state index contributed by atoms with van der Waals surface area (Å²) in [5, 5.41) is 7.65. The molecule has 1 aliphatic rings. The van der Waals surface area contributed by atoms with Gasteiger partial charge in [0.15, 0.2) is 5.82 Å². The van der Waals surface area contributed by atoms with Crippen LogP contribution in [-0.4, -0.2) is 24.8 Å². The molecule has 0 radical (unpaired) electrons. The van der Waals surface area contributed by atoms with Crippen molar-refractivity contribution in [3.8, 4) is 22.8 Å². The van der Waals surface area contributed by atoms with Gasteiger partial charge in [0, 0.05) is 17.7 Å². The van der Waals surface area contributed by atoms with Gasteiger partial charge in [-0.15, -0.1) is 0 Å². The van der Waals surface area contributed by atoms with E-state index in [9.17, 15) is 18.0 Å². The zero-order chi connectivity index (χ0) is 21.6. The van der Waals surface area contributed by atoms with E-state index in [0.29, 0.717) is 5.82 Å². The summed E-state index contributed by atoms with van der Waals surface area (Å²) in [5.74, 6) is 1.08. The third-order valence-electron chi connectivity index (χ3n) is 4.86. The lowest BCUT2D eigenvalue weighted by Crippen LogP contribution is -2.21. The molecule has 0 aliphatic heterocycles. The minimum Gasteiger partial charge on any atom is -0.337 e. The summed E-state index contributed by atoms with van der Waals surface area (Å²) >= 11 is 0. The Kier molecular flexibility index (Phi) is 4.45. The molecule has 1 saturated carbocycles. The Morgan fingerprint density at radius 3 is 2.68 bits per heavy atom. The summed E-state index contributed by atoms with van der Waals surface area (Å²) < 4.78 is 50.5. The Hall–Kier alpha value is -3.76. The molecule has 3 aromatic heterocycles. The predicted octanol–water partition coefficient (Wildman–Crippen LogP) is 3.89. The Morgan fingerprint density at radius 1 is 1.06 bits per heavy atom. The number of halogens is 3. The largest absolute Gasteiger partial charge is 0.416 e. The van der Waals surface area contributed by atoms with Crippen LogP contribution in [0.25, 0.3) is 22.8 Å². The molecule has 5 rings (SSSR count). The minimum atomic E-state index is -4.48. The lowest BCUT2D eigenvalue weighted by atomic mass is 10.1. The SMILES string of the molecule is O=c1c(-c2nc(C3CC3)no2)cccn1Cc1nc(-c2cccc(C(F)(F)F)c2)no1. The van der Waals surface area contributed by atoms with E-state index in [0.717, 1.165) is 25.0 Å². The summed E-state index contributed by atoms with van der Waals surface area (Å²) in [6.07, 6.45) is -0.949. The van der Waals surface area contributed by atoms with Crippen molar-refractivity contribution in [3.63, 3.8) is 0 Å². The van der Waals surface area contributed by atoms with Crippen LogP contribution in [0.5, 0.6) is 0 Å². The molecular formula is C20H14F3N5O3. The van der Waals surface area contributed by atoms with E-state index < -0.39 is 17.3 Å². The number of hydrogen-bond donors (Lipinski definition) is 0. The van der Waals surface area contributed by atoms with Gasteiger partial charge in [-0.25, -0.2) is 0 Å². The fraction of sp³-hybridized carbons (Fsp3) is 0.250. The maximum atomic E-state index is 12.9. The van der Waals surface area contributed by atoms with Gasteiger partial charge in [-0.1, -0.05) is 22.4 Å². The summed E-state index contributed by atoms with van der Waals surface area (Å²) in [6, 6.07) is 7.83. The number of alkyl halides is 3. The number of aromatic nitrogens is 5. The molecule has 1 fully saturated rings. The lowest BCUT2D eigenvalue weighted by molar-refractivity contribution is -0.137. The van der Waals surface area contributed by atoms with E-state index >= 15 is 0 Å². The van der Waals surface area contributed by atoms with Crippen LogP contribution in [-0.2, 0) is 12.7 Å². The topological polar surface area (TPSA) is 99.8 Å². The molecule has 1 aromatic carbocycles. The Bertz CT molecular complexity index is 1300. The Labute approximate surface area is 172 Å². The average molecular weight is 429 g/mol. The molecule has 0 bridgehead atoms. The quantitative estimate of drug-likeness (QED) is 0.474. The first kappa shape index (κ1) is 19.2. The smallest absolute Gasteiger partial charge is 0.337 e. The molecule has 158 valence electrons. The van der Waals surface area contributed by atoms with E-state index in [1.165, 1.54) is 22.9 Å². The van der Waals surface area contributed by atoms with Crippen LogP contribution in [0.4, 0.5) is 13.2 Å². The van der Waals surface area contributed by atoms with Gasteiger partial charge in [0.1, 0.15) is 12.1 Å². The van der Waals surface area contributed by atoms with Gasteiger partial charge in [-0.05, 0) is 37.1 Å². The zero-order valence-corrected chi connectivity index (χ0v) is 15.8. The van der Waals surface area contributed by atoms with E-state index in [-0.39, 0.29) is 41.2 Å². The highest BCUT2D eigenvalue weighted by atomic mass is 19.4. The number of rotatable bonds is 5. The fourth-order valence-corrected chi connectivity index (χ4v) is 3.09. The van der Waals surface area contributed by atoms with Crippen molar-refractivity contribution in [1.29, 1.82) is 0 Å². The van der Waals surface area contributed by atoms with Gasteiger partial charge in [0.05, 0.1) is 5.56 Å². The molecular weight excluding hydrogens is 415 g/mol. The molecule has 0 spiro atoms. The molecule has 8 nitrogen and oxygen atoms in total. The Balaban J connectivity index is 1.40. The van der Waals surface area contributed by atoms with Gasteiger partial charge in [0.2, 0.25) is 11.7 Å². The number of pyridine rings is 1. The molecule has 31 heavy (non-hydrogen) atoms. The van der Waals surface area contributed by atoms with E-state index in [1.54, 1.807) is 12.1 Å². The standard InChI is InChI=1S/C20H14F3N5O3/c21-20(22,23)13-4-1-3-12(9-13)17-24-15(30-26-17)10-28-8-2-5-14(19(28)29)18-25-16(27-31-18)11-6-7-11/h1-5,8-9,11H,6-7,10H2. The van der Waals surface area contributed by atoms with Gasteiger partial charge >= 0.3 is 6.18 Å². The molecule has 0 atom stereocenters. The first-order chi connectivity index (χ1) is 14.9. The first-order valence-corrected chi connectivity index (χ1v) is 9.42. The van der Waals surface area contributed by atoms with E-state index in [1.807, 2.05) is 0 Å². The van der Waals surface area contributed by atoms with Crippen LogP contribution in [0.1, 0.15) is 36.0 Å². The van der Waals surface area contributed by atoms with Gasteiger partial charge in [-0.2, -0.15) is 23.1 Å². The maximum absolute atomic E-state index is 12.9. The zero-order valence-electron chi connectivity index (χ0n) is 15.8. The molecule has 4 aromatic rings. The first-order valence-electron chi connectivity index (χ1n) is 9.42. The monoisotopic (exact) mass is 429 g/mol. The Morgan fingerprint density at radius 2 is 1.90 bits per heavy atom. The second-order valence-electron chi connectivity index (χ2n) is 7.18. The maximum Gasteiger partial charge on any atom is 0.416 e. The van der Waals surface area contributed by atoms with Gasteiger partial charge in [-0.3, -0.25) is 4.79 Å². The number of hydrogen-bond acceptors (Lipinski definition) is 7. The average Bonchev–Trinajstić information content (AvgIpc) is 3.29. The van der Waals surface area contributed by atoms with Crippen LogP contribution < -0.4 is 5.56 Å². The third-order valence-corrected chi connectivity index (χ3v) is 4.86. The summed E-state index contributed by atoms with van der Waals surface area (Å²) in [6.45, 7) is -0.0672. The van der Waals surface area contributed by atoms with Crippen molar-refractivity contribution < 1.29 is 22.2 Å². The molecule has 3 heterocycles. The highest BCUT2D eigenvalue weighted by Crippen LogP contribution is 2.38. The highest BCUT2D eigenvalue weighted by Gasteiger charge is 2.31. The van der Waals surface area contributed by atoms with Crippen molar-refractivity contribution >= 4 is 0 Å². The summed E-state index contributed by atoms with van der Waals surface area (Å²) in [4.78, 5) is 21.2. The van der Waals surface area contributed by atoms with Gasteiger partial charge in [0.25, 0.3) is 11.4 Å². The molecule has 0 saturated heterocycles. The minimum absolute atomic E-state index is 0.00344. The van der Waals surface area contributed by atoms with Crippen molar-refractivity contribution in [2.45, 2.75) is 31.5 Å². The predicted molar refractivity (Wildman–Crippen MR) is 99.8 cm³/mol. The van der Waals surface area contributed by atoms with Crippen LogP contribution >= 0.6 is 0 Å². The van der Waals surface area contributed by atoms with E-state index in [2.05, 4.69) is 20.3 Å². The normalized spacial score (nSPS) is 14.2. The lowest BCUT2D eigenvalue weighted by Gasteiger charge is -2.06. The van der Waals surface area contributed by atoms with Crippen molar-refractivity contribution in [3.05, 3.63) is 70.2 Å². The molecule has 0 amide bonds. The summed E-state index contributed by atoms with van der Waals surface area (Å²) in [5.41, 5.74) is -0.818. The summed E-state index contributed by atoms with van der Waals surface area (Å²) in [7, 11) is 0. The molecule has 1 aliphatic carbocycles. The van der Waals surface area contributed by atoms with E-state index in [4.69, 9.17) is 9.05 Å². The number of benzene rings is 1. The molecule has 0 unspecified atom stereocenters. The van der Waals surface area contributed by atoms with Crippen molar-refractivity contribution in [2.24, 2.45) is 0 Å². The van der Waals surface area contributed by atoms with Crippen molar-refractivity contribution in [2.75, 3.05) is 0 Å². The van der Waals surface area contributed by atoms with Crippen LogP contribution in [0, 0.1) is 0 Å². The molecule has 0 N–H and O–H groups in total. The van der Waals surface area contributed by atoms with Crippen LogP contribution in [0.2, 0.25) is 0 Å². The van der Waals surface area contributed by atoms with Gasteiger partial charge < -0.3 is 13.6 Å². The number of nitrogens with zero attached hydrogens (tertiary/aromatic N) is 5. The third kappa shape index (κ3) is 3.86.